The second kappa shape index (κ2) is 8.97. The second-order valence-corrected chi connectivity index (χ2v) is 7.14. The maximum Gasteiger partial charge on any atom is 0 e. The van der Waals surface area contributed by atoms with E-state index in [0.29, 0.717) is 0 Å². The molecule has 24 heavy (non-hydrogen) atoms. The molecule has 1 heteroatoms. The van der Waals surface area contributed by atoms with Crippen molar-refractivity contribution in [1.82, 2.24) is 0 Å². The molecule has 1 radical (unpaired) electrons. The molecule has 0 unspecified atom stereocenters. The van der Waals surface area contributed by atoms with Crippen LogP contribution in [-0.2, 0) is 20.1 Å². The molecule has 0 aliphatic heterocycles. The molecule has 133 valence electrons. The number of hydrogen-bond donors (Lipinski definition) is 0. The van der Waals surface area contributed by atoms with Crippen LogP contribution >= 0.6 is 0 Å². The van der Waals surface area contributed by atoms with E-state index in [-0.39, 0.29) is 20.1 Å². The van der Waals surface area contributed by atoms with Gasteiger partial charge in [-0.2, -0.15) is 0 Å². The number of hydrogen-bond acceptors (Lipinski definition) is 0. The minimum atomic E-state index is 0. The summed E-state index contributed by atoms with van der Waals surface area (Å²) < 4.78 is 0. The van der Waals surface area contributed by atoms with Crippen molar-refractivity contribution < 1.29 is 20.1 Å². The smallest absolute Gasteiger partial charge is 0 e. The predicted octanol–water partition coefficient (Wildman–Crippen LogP) is 6.76. The molecule has 0 nitrogen and oxygen atoms in total. The Morgan fingerprint density at radius 3 is 0.708 bits per heavy atom. The molecule has 0 saturated carbocycles. The normalized spacial score (nSPS) is 9.96. The molecule has 0 aromatic heterocycles. The molecule has 2 rings (SSSR count). The van der Waals surface area contributed by atoms with E-state index < -0.39 is 0 Å². The zero-order chi connectivity index (χ0) is 18.1. The van der Waals surface area contributed by atoms with Crippen LogP contribution in [0.15, 0.2) is 6.07 Å². The zero-order valence-electron chi connectivity index (χ0n) is 17.5. The average Bonchev–Trinajstić information content (AvgIpc) is 2.53. The molecule has 0 saturated heterocycles. The SMILES string of the molecule is Cc1c(C)c(C)c(C)c(C)c1C.Cc1cc(C)c(C)c(C)c1C.[Tc]. The molecule has 0 heterocycles. The van der Waals surface area contributed by atoms with Crippen molar-refractivity contribution >= 4 is 0 Å². The van der Waals surface area contributed by atoms with Crippen LogP contribution in [0, 0.1) is 76.2 Å². The summed E-state index contributed by atoms with van der Waals surface area (Å²) in [7, 11) is 0. The van der Waals surface area contributed by atoms with E-state index >= 15 is 0 Å². The molecule has 2 aromatic rings. The largest absolute Gasteiger partial charge is 0.0558 e. The van der Waals surface area contributed by atoms with Crippen LogP contribution in [-0.4, -0.2) is 0 Å². The van der Waals surface area contributed by atoms with Crippen molar-refractivity contribution in [3.63, 3.8) is 0 Å². The Bertz CT molecular complexity index is 605. The van der Waals surface area contributed by atoms with Crippen LogP contribution in [0.3, 0.4) is 0 Å². The zero-order valence-corrected chi connectivity index (χ0v) is 19.3. The minimum Gasteiger partial charge on any atom is -0.0558 e. The molecule has 2 aromatic carbocycles. The number of rotatable bonds is 0. The Kier molecular flexibility index (Phi) is 8.63. The number of benzene rings is 2. The van der Waals surface area contributed by atoms with E-state index in [2.05, 4.69) is 82.2 Å². The second-order valence-electron chi connectivity index (χ2n) is 7.14. The molecular weight excluding hydrogens is 374 g/mol. The van der Waals surface area contributed by atoms with Gasteiger partial charge in [0, 0.05) is 20.1 Å². The topological polar surface area (TPSA) is 0 Å². The third kappa shape index (κ3) is 4.58. The van der Waals surface area contributed by atoms with E-state index in [1.54, 1.807) is 0 Å². The predicted molar refractivity (Wildman–Crippen MR) is 105 cm³/mol. The summed E-state index contributed by atoms with van der Waals surface area (Å²) in [5, 5.41) is 0. The van der Waals surface area contributed by atoms with Gasteiger partial charge in [-0.15, -0.1) is 0 Å². The maximum absolute atomic E-state index is 2.26. The van der Waals surface area contributed by atoms with Gasteiger partial charge in [0.1, 0.15) is 0 Å². The third-order valence-corrected chi connectivity index (χ3v) is 6.12. The van der Waals surface area contributed by atoms with Gasteiger partial charge in [-0.05, 0) is 137 Å². The summed E-state index contributed by atoms with van der Waals surface area (Å²) in [5.41, 5.74) is 15.9. The van der Waals surface area contributed by atoms with Crippen molar-refractivity contribution in [2.24, 2.45) is 0 Å². The summed E-state index contributed by atoms with van der Waals surface area (Å²) in [5.74, 6) is 0. The Morgan fingerprint density at radius 1 is 0.333 bits per heavy atom. The Labute approximate surface area is 163 Å². The van der Waals surface area contributed by atoms with Crippen LogP contribution in [0.4, 0.5) is 0 Å². The molecule has 0 atom stereocenters. The van der Waals surface area contributed by atoms with E-state index in [4.69, 9.17) is 0 Å². The van der Waals surface area contributed by atoms with Crippen LogP contribution in [0.2, 0.25) is 0 Å². The maximum atomic E-state index is 2.26. The van der Waals surface area contributed by atoms with Crippen molar-refractivity contribution in [3.05, 3.63) is 67.3 Å². The first-order valence-corrected chi connectivity index (χ1v) is 8.58. The molecule has 0 amide bonds. The number of aryl methyl sites for hydroxylation is 2. The van der Waals surface area contributed by atoms with Crippen LogP contribution in [0.1, 0.15) is 61.2 Å². The molecule has 0 aliphatic carbocycles. The first kappa shape index (κ1) is 23.1. The van der Waals surface area contributed by atoms with Gasteiger partial charge in [0.2, 0.25) is 0 Å². The fourth-order valence-electron chi connectivity index (χ4n) is 3.10. The van der Waals surface area contributed by atoms with Crippen molar-refractivity contribution in [2.75, 3.05) is 0 Å². The van der Waals surface area contributed by atoms with Gasteiger partial charge >= 0.3 is 0 Å². The molecule has 0 N–H and O–H groups in total. The van der Waals surface area contributed by atoms with E-state index in [1.165, 1.54) is 61.2 Å². The van der Waals surface area contributed by atoms with E-state index in [9.17, 15) is 0 Å². The first-order valence-electron chi connectivity index (χ1n) is 8.58. The Balaban J connectivity index is 0.000000425. The van der Waals surface area contributed by atoms with Gasteiger partial charge in [0.15, 0.2) is 0 Å². The third-order valence-electron chi connectivity index (χ3n) is 6.12. The molecule has 0 spiro atoms. The summed E-state index contributed by atoms with van der Waals surface area (Å²) in [6.07, 6.45) is 0. The van der Waals surface area contributed by atoms with E-state index in [0.717, 1.165) is 0 Å². The van der Waals surface area contributed by atoms with Gasteiger partial charge in [0.05, 0.1) is 0 Å². The van der Waals surface area contributed by atoms with Gasteiger partial charge in [-0.3, -0.25) is 0 Å². The minimum absolute atomic E-state index is 0. The summed E-state index contributed by atoms with van der Waals surface area (Å²) in [6.45, 7) is 24.2. The van der Waals surface area contributed by atoms with Gasteiger partial charge < -0.3 is 0 Å². The summed E-state index contributed by atoms with van der Waals surface area (Å²) in [6, 6.07) is 2.26. The van der Waals surface area contributed by atoms with Gasteiger partial charge in [0.25, 0.3) is 0 Å². The van der Waals surface area contributed by atoms with Crippen molar-refractivity contribution in [2.45, 2.75) is 76.2 Å². The van der Waals surface area contributed by atoms with Crippen molar-refractivity contribution in [1.29, 1.82) is 0 Å². The standard InChI is InChI=1S/C12H18.C11H16.Tc/c1-7-8(2)10(4)12(6)11(5)9(7)3;1-7-6-8(2)10(4)11(5)9(7)3;/h1-6H3;6H,1-5H3;. The van der Waals surface area contributed by atoms with E-state index in [1.807, 2.05) is 0 Å². The van der Waals surface area contributed by atoms with Crippen LogP contribution < -0.4 is 0 Å². The first-order chi connectivity index (χ1) is 10.5. The molecule has 0 bridgehead atoms. The fraction of sp³-hybridized carbons (Fsp3) is 0.478. The van der Waals surface area contributed by atoms with Gasteiger partial charge in [-0.25, -0.2) is 0 Å². The Morgan fingerprint density at radius 2 is 0.500 bits per heavy atom. The average molecular weight is 409 g/mol. The van der Waals surface area contributed by atoms with Crippen LogP contribution in [0.25, 0.3) is 0 Å². The molecule has 0 fully saturated rings. The van der Waals surface area contributed by atoms with Crippen LogP contribution in [0.5, 0.6) is 0 Å². The fourth-order valence-corrected chi connectivity index (χ4v) is 3.10. The van der Waals surface area contributed by atoms with Gasteiger partial charge in [-0.1, -0.05) is 6.07 Å². The quantitative estimate of drug-likeness (QED) is 0.452. The summed E-state index contributed by atoms with van der Waals surface area (Å²) in [4.78, 5) is 0. The molecular formula is C23H34Tc. The monoisotopic (exact) mass is 407 g/mol. The Hall–Kier alpha value is -0.911. The molecule has 0 aliphatic rings. The summed E-state index contributed by atoms with van der Waals surface area (Å²) >= 11 is 0. The van der Waals surface area contributed by atoms with Crippen molar-refractivity contribution in [3.8, 4) is 0 Å².